The predicted octanol–water partition coefficient (Wildman–Crippen LogP) is 3.01. The van der Waals surface area contributed by atoms with Gasteiger partial charge in [-0.1, -0.05) is 19.8 Å². The molecule has 1 N–H and O–H groups in total. The highest BCUT2D eigenvalue weighted by molar-refractivity contribution is 5.95. The number of nitrogens with zero attached hydrogens (tertiary/aromatic N) is 1. The molecule has 1 heterocycles. The van der Waals surface area contributed by atoms with Crippen LogP contribution in [0.15, 0.2) is 12.1 Å². The Kier molecular flexibility index (Phi) is 7.18. The number of piperidine rings is 1. The lowest BCUT2D eigenvalue weighted by molar-refractivity contribution is 0.0749. The molecule has 2 rings (SSSR count). The number of hydrogen-bond acceptors (Lipinski definition) is 5. The van der Waals surface area contributed by atoms with Crippen LogP contribution in [0.4, 0.5) is 0 Å². The summed E-state index contributed by atoms with van der Waals surface area (Å²) in [6, 6.07) is 3.39. The summed E-state index contributed by atoms with van der Waals surface area (Å²) >= 11 is 0. The van der Waals surface area contributed by atoms with Gasteiger partial charge in [-0.2, -0.15) is 0 Å². The number of amides is 1. The maximum absolute atomic E-state index is 12.5. The van der Waals surface area contributed by atoms with E-state index < -0.39 is 0 Å². The maximum Gasteiger partial charge on any atom is 0.265 e. The summed E-state index contributed by atoms with van der Waals surface area (Å²) in [6.07, 6.45) is 5.43. The first-order valence-corrected chi connectivity index (χ1v) is 8.64. The van der Waals surface area contributed by atoms with Crippen molar-refractivity contribution < 1.29 is 19.0 Å². The number of rotatable bonds is 8. The third kappa shape index (κ3) is 4.77. The van der Waals surface area contributed by atoms with E-state index in [1.807, 2.05) is 5.01 Å². The molecule has 0 aromatic heterocycles. The molecule has 1 aromatic rings. The molecule has 1 fully saturated rings. The van der Waals surface area contributed by atoms with E-state index in [1.54, 1.807) is 26.4 Å². The standard InChI is InChI=1S/C18H28N2O4/c1-4-5-11-24-17-15(22-2)12-14(13-16(17)23-3)18(21)19-20-9-7-6-8-10-20/h12-13H,4-11H2,1-3H3,(H,19,21). The summed E-state index contributed by atoms with van der Waals surface area (Å²) < 4.78 is 16.6. The second kappa shape index (κ2) is 9.37. The Morgan fingerprint density at radius 3 is 2.29 bits per heavy atom. The van der Waals surface area contributed by atoms with E-state index in [1.165, 1.54) is 6.42 Å². The van der Waals surface area contributed by atoms with Crippen molar-refractivity contribution >= 4 is 5.91 Å². The van der Waals surface area contributed by atoms with E-state index >= 15 is 0 Å². The Hall–Kier alpha value is -1.95. The Labute approximate surface area is 144 Å². The van der Waals surface area contributed by atoms with Crippen LogP contribution in [0.5, 0.6) is 17.2 Å². The van der Waals surface area contributed by atoms with Crippen molar-refractivity contribution in [3.05, 3.63) is 17.7 Å². The van der Waals surface area contributed by atoms with Gasteiger partial charge in [-0.3, -0.25) is 10.2 Å². The van der Waals surface area contributed by atoms with E-state index in [2.05, 4.69) is 12.3 Å². The quantitative estimate of drug-likeness (QED) is 0.740. The third-order valence-corrected chi connectivity index (χ3v) is 4.08. The maximum atomic E-state index is 12.5. The average molecular weight is 336 g/mol. The van der Waals surface area contributed by atoms with Gasteiger partial charge in [0.25, 0.3) is 5.91 Å². The monoisotopic (exact) mass is 336 g/mol. The number of carbonyl (C=O) groups is 1. The minimum Gasteiger partial charge on any atom is -0.493 e. The van der Waals surface area contributed by atoms with E-state index in [0.717, 1.165) is 38.8 Å². The number of nitrogens with one attached hydrogen (secondary N) is 1. The minimum absolute atomic E-state index is 0.159. The summed E-state index contributed by atoms with van der Waals surface area (Å²) in [5.74, 6) is 1.40. The summed E-state index contributed by atoms with van der Waals surface area (Å²) in [5, 5.41) is 1.97. The van der Waals surface area contributed by atoms with Crippen molar-refractivity contribution in [2.45, 2.75) is 39.0 Å². The van der Waals surface area contributed by atoms with E-state index in [4.69, 9.17) is 14.2 Å². The van der Waals surface area contributed by atoms with E-state index in [-0.39, 0.29) is 5.91 Å². The fourth-order valence-corrected chi connectivity index (χ4v) is 2.69. The average Bonchev–Trinajstić information content (AvgIpc) is 2.62. The van der Waals surface area contributed by atoms with Crippen LogP contribution in [0.3, 0.4) is 0 Å². The topological polar surface area (TPSA) is 60.0 Å². The highest BCUT2D eigenvalue weighted by atomic mass is 16.5. The Balaban J connectivity index is 2.15. The number of methoxy groups -OCH3 is 2. The molecule has 0 atom stereocenters. The highest BCUT2D eigenvalue weighted by Gasteiger charge is 2.19. The van der Waals surface area contributed by atoms with Crippen LogP contribution in [0.2, 0.25) is 0 Å². The third-order valence-electron chi connectivity index (χ3n) is 4.08. The summed E-state index contributed by atoms with van der Waals surface area (Å²) in [7, 11) is 3.13. The molecule has 1 aliphatic heterocycles. The first kappa shape index (κ1) is 18.4. The number of hydrazine groups is 1. The Morgan fingerprint density at radius 1 is 1.12 bits per heavy atom. The van der Waals surface area contributed by atoms with Crippen molar-refractivity contribution in [3.63, 3.8) is 0 Å². The fraction of sp³-hybridized carbons (Fsp3) is 0.611. The van der Waals surface area contributed by atoms with Crippen LogP contribution in [0, 0.1) is 0 Å². The lowest BCUT2D eigenvalue weighted by Crippen LogP contribution is -2.45. The predicted molar refractivity (Wildman–Crippen MR) is 92.8 cm³/mol. The van der Waals surface area contributed by atoms with Gasteiger partial charge < -0.3 is 14.2 Å². The zero-order chi connectivity index (χ0) is 17.4. The SMILES string of the molecule is CCCCOc1c(OC)cc(C(=O)NN2CCCCC2)cc1OC. The zero-order valence-corrected chi connectivity index (χ0v) is 14.9. The number of unbranched alkanes of at least 4 members (excludes halogenated alkanes) is 1. The van der Waals surface area contributed by atoms with Crippen LogP contribution in [0.1, 0.15) is 49.4 Å². The molecule has 6 heteroatoms. The smallest absolute Gasteiger partial charge is 0.265 e. The summed E-state index contributed by atoms with van der Waals surface area (Å²) in [4.78, 5) is 12.5. The molecule has 0 aliphatic carbocycles. The van der Waals surface area contributed by atoms with Crippen LogP contribution in [-0.2, 0) is 0 Å². The Bertz CT molecular complexity index is 517. The number of ether oxygens (including phenoxy) is 3. The number of hydrogen-bond donors (Lipinski definition) is 1. The second-order valence-corrected chi connectivity index (χ2v) is 5.90. The van der Waals surface area contributed by atoms with Crippen molar-refractivity contribution in [3.8, 4) is 17.2 Å². The second-order valence-electron chi connectivity index (χ2n) is 5.90. The number of carbonyl (C=O) groups excluding carboxylic acids is 1. The van der Waals surface area contributed by atoms with Gasteiger partial charge in [0.1, 0.15) is 0 Å². The molecule has 0 unspecified atom stereocenters. The van der Waals surface area contributed by atoms with Gasteiger partial charge in [-0.15, -0.1) is 0 Å². The highest BCUT2D eigenvalue weighted by Crippen LogP contribution is 2.38. The molecule has 1 aromatic carbocycles. The van der Waals surface area contributed by atoms with Crippen molar-refractivity contribution in [1.29, 1.82) is 0 Å². The van der Waals surface area contributed by atoms with Crippen LogP contribution in [0.25, 0.3) is 0 Å². The zero-order valence-electron chi connectivity index (χ0n) is 14.9. The van der Waals surface area contributed by atoms with E-state index in [0.29, 0.717) is 29.4 Å². The van der Waals surface area contributed by atoms with Crippen molar-refractivity contribution in [1.82, 2.24) is 10.4 Å². The Morgan fingerprint density at radius 2 is 1.75 bits per heavy atom. The molecule has 134 valence electrons. The molecular formula is C18H28N2O4. The largest absolute Gasteiger partial charge is 0.493 e. The lowest BCUT2D eigenvalue weighted by Gasteiger charge is -2.27. The van der Waals surface area contributed by atoms with Gasteiger partial charge in [0, 0.05) is 18.7 Å². The van der Waals surface area contributed by atoms with Crippen molar-refractivity contribution in [2.24, 2.45) is 0 Å². The number of benzene rings is 1. The lowest BCUT2D eigenvalue weighted by atomic mass is 10.1. The molecular weight excluding hydrogens is 308 g/mol. The first-order chi connectivity index (χ1) is 11.7. The molecule has 0 bridgehead atoms. The molecule has 0 saturated carbocycles. The van der Waals surface area contributed by atoms with Gasteiger partial charge >= 0.3 is 0 Å². The molecule has 0 radical (unpaired) electrons. The molecule has 1 aliphatic rings. The minimum atomic E-state index is -0.159. The van der Waals surface area contributed by atoms with Crippen LogP contribution >= 0.6 is 0 Å². The van der Waals surface area contributed by atoms with Gasteiger partial charge in [-0.05, 0) is 31.4 Å². The molecule has 1 saturated heterocycles. The molecule has 0 spiro atoms. The van der Waals surface area contributed by atoms with Crippen molar-refractivity contribution in [2.75, 3.05) is 33.9 Å². The fourth-order valence-electron chi connectivity index (χ4n) is 2.69. The molecule has 24 heavy (non-hydrogen) atoms. The summed E-state index contributed by atoms with van der Waals surface area (Å²) in [6.45, 7) is 4.46. The van der Waals surface area contributed by atoms with Crippen LogP contribution < -0.4 is 19.6 Å². The van der Waals surface area contributed by atoms with Gasteiger partial charge in [0.2, 0.25) is 5.75 Å². The molecule has 6 nitrogen and oxygen atoms in total. The summed E-state index contributed by atoms with van der Waals surface area (Å²) in [5.41, 5.74) is 3.45. The van der Waals surface area contributed by atoms with E-state index in [9.17, 15) is 4.79 Å². The van der Waals surface area contributed by atoms with Gasteiger partial charge in [0.05, 0.1) is 20.8 Å². The van der Waals surface area contributed by atoms with Gasteiger partial charge in [0.15, 0.2) is 11.5 Å². The molecule has 1 amide bonds. The normalized spacial score (nSPS) is 15.0. The van der Waals surface area contributed by atoms with Crippen LogP contribution in [-0.4, -0.2) is 44.8 Å². The first-order valence-electron chi connectivity index (χ1n) is 8.64. The van der Waals surface area contributed by atoms with Gasteiger partial charge in [-0.25, -0.2) is 5.01 Å².